The van der Waals surface area contributed by atoms with Crippen molar-refractivity contribution in [3.05, 3.63) is 33.4 Å². The van der Waals surface area contributed by atoms with Gasteiger partial charge in [0.2, 0.25) is 0 Å². The standard InChI is InChI=1S/C17H26IN/c1-4-19-17(14-6-5-7-16(18)11-14)15-9-8-12(2)13(3)10-15/h5-7,11-13,15,17,19H,4,8-10H2,1-3H3. The molecule has 1 aromatic carbocycles. The van der Waals surface area contributed by atoms with Crippen LogP contribution in [-0.2, 0) is 0 Å². The Hall–Kier alpha value is -0.0900. The van der Waals surface area contributed by atoms with Crippen molar-refractivity contribution < 1.29 is 0 Å². The minimum atomic E-state index is 0.537. The summed E-state index contributed by atoms with van der Waals surface area (Å²) in [6.45, 7) is 8.11. The van der Waals surface area contributed by atoms with Gasteiger partial charge in [0.1, 0.15) is 0 Å². The van der Waals surface area contributed by atoms with Gasteiger partial charge in [0.15, 0.2) is 0 Å². The molecular weight excluding hydrogens is 345 g/mol. The second-order valence-electron chi connectivity index (χ2n) is 6.12. The van der Waals surface area contributed by atoms with Crippen molar-refractivity contribution >= 4 is 22.6 Å². The Morgan fingerprint density at radius 2 is 2.05 bits per heavy atom. The smallest absolute Gasteiger partial charge is 0.0349 e. The number of hydrogen-bond acceptors (Lipinski definition) is 1. The summed E-state index contributed by atoms with van der Waals surface area (Å²) in [5, 5.41) is 3.73. The van der Waals surface area contributed by atoms with Gasteiger partial charge in [-0.2, -0.15) is 0 Å². The highest BCUT2D eigenvalue weighted by Gasteiger charge is 2.30. The molecule has 1 nitrogen and oxygen atoms in total. The Morgan fingerprint density at radius 3 is 2.68 bits per heavy atom. The molecule has 4 unspecified atom stereocenters. The fourth-order valence-electron chi connectivity index (χ4n) is 3.37. The first-order chi connectivity index (χ1) is 9.11. The summed E-state index contributed by atoms with van der Waals surface area (Å²) in [6, 6.07) is 9.54. The second-order valence-corrected chi connectivity index (χ2v) is 7.36. The van der Waals surface area contributed by atoms with Crippen LogP contribution < -0.4 is 5.32 Å². The molecular formula is C17H26IN. The molecule has 2 rings (SSSR count). The fraction of sp³-hybridized carbons (Fsp3) is 0.647. The van der Waals surface area contributed by atoms with E-state index in [2.05, 4.69) is 72.9 Å². The highest BCUT2D eigenvalue weighted by atomic mass is 127. The summed E-state index contributed by atoms with van der Waals surface area (Å²) < 4.78 is 1.34. The molecule has 2 heteroatoms. The van der Waals surface area contributed by atoms with E-state index in [1.807, 2.05) is 0 Å². The summed E-state index contributed by atoms with van der Waals surface area (Å²) in [7, 11) is 0. The first-order valence-corrected chi connectivity index (χ1v) is 8.68. The van der Waals surface area contributed by atoms with Gasteiger partial charge < -0.3 is 5.32 Å². The van der Waals surface area contributed by atoms with Crippen molar-refractivity contribution in [3.63, 3.8) is 0 Å². The van der Waals surface area contributed by atoms with Gasteiger partial charge >= 0.3 is 0 Å². The average molecular weight is 371 g/mol. The number of rotatable bonds is 4. The largest absolute Gasteiger partial charge is 0.310 e. The molecule has 0 aromatic heterocycles. The molecule has 0 bridgehead atoms. The van der Waals surface area contributed by atoms with Crippen LogP contribution in [0.25, 0.3) is 0 Å². The van der Waals surface area contributed by atoms with Crippen molar-refractivity contribution in [1.82, 2.24) is 5.32 Å². The number of halogens is 1. The lowest BCUT2D eigenvalue weighted by molar-refractivity contribution is 0.172. The van der Waals surface area contributed by atoms with Crippen LogP contribution in [0.3, 0.4) is 0 Å². The zero-order valence-electron chi connectivity index (χ0n) is 12.3. The quantitative estimate of drug-likeness (QED) is 0.734. The van der Waals surface area contributed by atoms with Gasteiger partial charge in [0.05, 0.1) is 0 Å². The van der Waals surface area contributed by atoms with E-state index in [4.69, 9.17) is 0 Å². The van der Waals surface area contributed by atoms with E-state index in [1.165, 1.54) is 28.4 Å². The Labute approximate surface area is 131 Å². The van der Waals surface area contributed by atoms with Gasteiger partial charge in [0.25, 0.3) is 0 Å². The van der Waals surface area contributed by atoms with Crippen LogP contribution in [0.1, 0.15) is 51.6 Å². The summed E-state index contributed by atoms with van der Waals surface area (Å²) in [5.41, 5.74) is 1.47. The van der Waals surface area contributed by atoms with Crippen LogP contribution in [0.2, 0.25) is 0 Å². The van der Waals surface area contributed by atoms with Crippen LogP contribution in [0, 0.1) is 21.3 Å². The zero-order chi connectivity index (χ0) is 13.8. The third-order valence-corrected chi connectivity index (χ3v) is 5.41. The summed E-state index contributed by atoms with van der Waals surface area (Å²) in [6.07, 6.45) is 4.12. The normalized spacial score (nSPS) is 29.2. The lowest BCUT2D eigenvalue weighted by Gasteiger charge is -2.37. The van der Waals surface area contributed by atoms with E-state index < -0.39 is 0 Å². The lowest BCUT2D eigenvalue weighted by Crippen LogP contribution is -2.33. The summed E-state index contributed by atoms with van der Waals surface area (Å²) in [4.78, 5) is 0. The molecule has 0 heterocycles. The predicted molar refractivity (Wildman–Crippen MR) is 91.2 cm³/mol. The number of benzene rings is 1. The minimum Gasteiger partial charge on any atom is -0.310 e. The van der Waals surface area contributed by atoms with Crippen LogP contribution in [0.15, 0.2) is 24.3 Å². The molecule has 1 aromatic rings. The number of nitrogens with one attached hydrogen (secondary N) is 1. The fourth-order valence-corrected chi connectivity index (χ4v) is 3.94. The Bertz CT molecular complexity index is 404. The molecule has 1 aliphatic rings. The zero-order valence-corrected chi connectivity index (χ0v) is 14.5. The molecule has 1 saturated carbocycles. The van der Waals surface area contributed by atoms with Crippen molar-refractivity contribution in [2.75, 3.05) is 6.54 Å². The maximum atomic E-state index is 3.73. The van der Waals surface area contributed by atoms with E-state index in [1.54, 1.807) is 0 Å². The maximum Gasteiger partial charge on any atom is 0.0349 e. The SMILES string of the molecule is CCNC(c1cccc(I)c1)C1CCC(C)C(C)C1. The van der Waals surface area contributed by atoms with Gasteiger partial charge in [-0.3, -0.25) is 0 Å². The molecule has 0 spiro atoms. The Balaban J connectivity index is 2.16. The highest BCUT2D eigenvalue weighted by Crippen LogP contribution is 2.40. The molecule has 1 aliphatic carbocycles. The molecule has 0 aliphatic heterocycles. The Kier molecular flexibility index (Phi) is 5.70. The Morgan fingerprint density at radius 1 is 1.26 bits per heavy atom. The second kappa shape index (κ2) is 7.07. The third-order valence-electron chi connectivity index (χ3n) is 4.74. The average Bonchev–Trinajstić information content (AvgIpc) is 2.39. The lowest BCUT2D eigenvalue weighted by atomic mass is 9.72. The van der Waals surface area contributed by atoms with E-state index in [0.717, 1.165) is 24.3 Å². The van der Waals surface area contributed by atoms with E-state index in [0.29, 0.717) is 6.04 Å². The third kappa shape index (κ3) is 3.94. The first-order valence-electron chi connectivity index (χ1n) is 7.60. The maximum absolute atomic E-state index is 3.73. The molecule has 0 amide bonds. The summed E-state index contributed by atoms with van der Waals surface area (Å²) in [5.74, 6) is 2.56. The molecule has 106 valence electrons. The molecule has 0 radical (unpaired) electrons. The first kappa shape index (κ1) is 15.3. The molecule has 1 fully saturated rings. The summed E-state index contributed by atoms with van der Waals surface area (Å²) >= 11 is 2.42. The van der Waals surface area contributed by atoms with Crippen molar-refractivity contribution in [2.45, 2.75) is 46.1 Å². The molecule has 0 saturated heterocycles. The van der Waals surface area contributed by atoms with E-state index in [-0.39, 0.29) is 0 Å². The topological polar surface area (TPSA) is 12.0 Å². The van der Waals surface area contributed by atoms with Gasteiger partial charge in [-0.05, 0) is 77.4 Å². The molecule has 4 atom stereocenters. The number of hydrogen-bond donors (Lipinski definition) is 1. The van der Waals surface area contributed by atoms with Gasteiger partial charge in [-0.25, -0.2) is 0 Å². The predicted octanol–water partition coefficient (Wildman–Crippen LogP) is 5.01. The van der Waals surface area contributed by atoms with Crippen LogP contribution in [0.4, 0.5) is 0 Å². The minimum absolute atomic E-state index is 0.537. The van der Waals surface area contributed by atoms with E-state index in [9.17, 15) is 0 Å². The van der Waals surface area contributed by atoms with Gasteiger partial charge in [-0.1, -0.05) is 39.3 Å². The van der Waals surface area contributed by atoms with Gasteiger partial charge in [-0.15, -0.1) is 0 Å². The van der Waals surface area contributed by atoms with Crippen LogP contribution in [-0.4, -0.2) is 6.54 Å². The molecule has 19 heavy (non-hydrogen) atoms. The van der Waals surface area contributed by atoms with Crippen molar-refractivity contribution in [3.8, 4) is 0 Å². The highest BCUT2D eigenvalue weighted by molar-refractivity contribution is 14.1. The molecule has 1 N–H and O–H groups in total. The van der Waals surface area contributed by atoms with Crippen LogP contribution in [0.5, 0.6) is 0 Å². The monoisotopic (exact) mass is 371 g/mol. The van der Waals surface area contributed by atoms with Crippen molar-refractivity contribution in [2.24, 2.45) is 17.8 Å². The van der Waals surface area contributed by atoms with Crippen molar-refractivity contribution in [1.29, 1.82) is 0 Å². The van der Waals surface area contributed by atoms with Crippen LogP contribution >= 0.6 is 22.6 Å². The van der Waals surface area contributed by atoms with E-state index >= 15 is 0 Å². The van der Waals surface area contributed by atoms with Gasteiger partial charge in [0, 0.05) is 9.61 Å².